The number of hydrogen-bond donors (Lipinski definition) is 0. The van der Waals surface area contributed by atoms with Gasteiger partial charge in [-0.25, -0.2) is 0 Å². The summed E-state index contributed by atoms with van der Waals surface area (Å²) >= 11 is 0. The number of aryl methyl sites for hydroxylation is 2. The first kappa shape index (κ1) is 37.7. The minimum Gasteiger partial charge on any atom is -0.164 e. The van der Waals surface area contributed by atoms with Crippen molar-refractivity contribution in [2.24, 2.45) is 0 Å². The van der Waals surface area contributed by atoms with Crippen molar-refractivity contribution >= 4 is 31.1 Å². The molecule has 2 heteroatoms. The third-order valence-electron chi connectivity index (χ3n) is 9.24. The third kappa shape index (κ3) is 9.17. The van der Waals surface area contributed by atoms with E-state index in [1.807, 2.05) is 0 Å². The van der Waals surface area contributed by atoms with E-state index in [2.05, 4.69) is 164 Å². The van der Waals surface area contributed by atoms with E-state index < -0.39 is 0 Å². The maximum Gasteiger partial charge on any atom is 2.00 e. The molecular weight excluding hydrogens is 648 g/mol. The molecule has 0 aliphatic heterocycles. The molecule has 46 heavy (non-hydrogen) atoms. The third-order valence-corrected chi connectivity index (χ3v) is 9.24. The van der Waals surface area contributed by atoms with Gasteiger partial charge in [0.15, 0.2) is 0 Å². The first-order chi connectivity index (χ1) is 21.9. The summed E-state index contributed by atoms with van der Waals surface area (Å²) in [5.41, 5.74) is 11.1. The van der Waals surface area contributed by atoms with E-state index in [-0.39, 0.29) is 26.2 Å². The first-order valence-corrected chi connectivity index (χ1v) is 19.0. The molecular formula is C44H52SiZr. The van der Waals surface area contributed by atoms with E-state index in [1.54, 1.807) is 0 Å². The van der Waals surface area contributed by atoms with Crippen LogP contribution in [0.4, 0.5) is 0 Å². The van der Waals surface area contributed by atoms with Crippen LogP contribution in [-0.4, -0.2) is 9.52 Å². The van der Waals surface area contributed by atoms with Crippen molar-refractivity contribution in [1.82, 2.24) is 0 Å². The Balaban J connectivity index is 0.000000226. The predicted octanol–water partition coefficient (Wildman–Crippen LogP) is 13.4. The Hall–Kier alpha value is -2.80. The summed E-state index contributed by atoms with van der Waals surface area (Å²) in [4.78, 5) is 0. The molecule has 6 rings (SSSR count). The maximum atomic E-state index is 2.34. The molecule has 2 unspecified atom stereocenters. The van der Waals surface area contributed by atoms with Gasteiger partial charge >= 0.3 is 26.2 Å². The van der Waals surface area contributed by atoms with E-state index in [9.17, 15) is 0 Å². The molecule has 0 saturated carbocycles. The predicted molar refractivity (Wildman–Crippen MR) is 204 cm³/mol. The summed E-state index contributed by atoms with van der Waals surface area (Å²) in [5, 5.41) is 5.47. The molecule has 0 fully saturated rings. The Morgan fingerprint density at radius 2 is 0.891 bits per heavy atom. The molecule has 0 aliphatic rings. The van der Waals surface area contributed by atoms with Crippen molar-refractivity contribution in [3.63, 3.8) is 0 Å². The molecule has 0 aliphatic carbocycles. The second-order valence-corrected chi connectivity index (χ2v) is 13.4. The zero-order chi connectivity index (χ0) is 32.3. The average Bonchev–Trinajstić information content (AvgIpc) is 3.72. The molecule has 2 atom stereocenters. The standard InChI is InChI=1S/2C21H23.C2H6Si.Zr/c2*1-4-15(3)17-9-11-18(12-10-17)20-8-6-7-19-13-16(5-2)14-21(19)20;1-3-2;/h2*6-15H,4-5H2,1-3H3;1-2H3;/q2*-1;;+2. The summed E-state index contributed by atoms with van der Waals surface area (Å²) < 4.78 is 0. The molecule has 0 nitrogen and oxygen atoms in total. The van der Waals surface area contributed by atoms with Crippen molar-refractivity contribution in [3.05, 3.63) is 131 Å². The van der Waals surface area contributed by atoms with Gasteiger partial charge in [0.05, 0.1) is 0 Å². The maximum absolute atomic E-state index is 2.34. The topological polar surface area (TPSA) is 0 Å². The smallest absolute Gasteiger partial charge is 0.164 e. The first-order valence-electron chi connectivity index (χ1n) is 17.0. The van der Waals surface area contributed by atoms with Gasteiger partial charge in [0.1, 0.15) is 0 Å². The Bertz CT molecular complexity index is 1620. The van der Waals surface area contributed by atoms with Crippen LogP contribution in [0, 0.1) is 0 Å². The number of fused-ring (bicyclic) bond motifs is 2. The van der Waals surface area contributed by atoms with Crippen LogP contribution in [0.3, 0.4) is 0 Å². The quantitative estimate of drug-likeness (QED) is 0.110. The van der Waals surface area contributed by atoms with Crippen molar-refractivity contribution in [1.29, 1.82) is 0 Å². The second-order valence-electron chi connectivity index (χ2n) is 12.4. The van der Waals surface area contributed by atoms with Crippen molar-refractivity contribution in [3.8, 4) is 22.3 Å². The second kappa shape index (κ2) is 18.5. The fourth-order valence-corrected chi connectivity index (χ4v) is 5.96. The zero-order valence-corrected chi connectivity index (χ0v) is 32.8. The number of hydrogen-bond acceptors (Lipinski definition) is 0. The molecule has 0 N–H and O–H groups in total. The van der Waals surface area contributed by atoms with E-state index >= 15 is 0 Å². The molecule has 0 saturated heterocycles. The van der Waals surface area contributed by atoms with Crippen LogP contribution in [0.2, 0.25) is 13.1 Å². The molecule has 0 spiro atoms. The minimum atomic E-state index is 0. The van der Waals surface area contributed by atoms with Crippen molar-refractivity contribution in [2.45, 2.75) is 92.2 Å². The van der Waals surface area contributed by atoms with Crippen LogP contribution >= 0.6 is 0 Å². The SMILES string of the molecule is CCc1cc2c(-c3ccc(C(C)CC)cc3)cccc2[cH-]1.CCc1cc2c(-c3ccc(C(C)CC)cc3)cccc2[cH-]1.C[Si]C.[Zr+2]. The Labute approximate surface area is 301 Å². The fourth-order valence-electron chi connectivity index (χ4n) is 5.96. The largest absolute Gasteiger partial charge is 2.00 e. The van der Waals surface area contributed by atoms with Crippen LogP contribution in [0.15, 0.2) is 109 Å². The van der Waals surface area contributed by atoms with Crippen LogP contribution in [0.1, 0.15) is 88.5 Å². The van der Waals surface area contributed by atoms with Crippen LogP contribution in [0.25, 0.3) is 43.8 Å². The summed E-state index contributed by atoms with van der Waals surface area (Å²) in [7, 11) is 1.08. The molecule has 2 radical (unpaired) electrons. The molecule has 0 heterocycles. The minimum absolute atomic E-state index is 0. The van der Waals surface area contributed by atoms with Crippen LogP contribution in [-0.2, 0) is 39.0 Å². The summed E-state index contributed by atoms with van der Waals surface area (Å²) in [6, 6.07) is 40.8. The van der Waals surface area contributed by atoms with Gasteiger partial charge < -0.3 is 0 Å². The summed E-state index contributed by atoms with van der Waals surface area (Å²) in [6.45, 7) is 17.8. The Morgan fingerprint density at radius 3 is 1.20 bits per heavy atom. The normalized spacial score (nSPS) is 12.0. The Kier molecular flexibility index (Phi) is 15.2. The average molecular weight is 700 g/mol. The monoisotopic (exact) mass is 698 g/mol. The van der Waals surface area contributed by atoms with Gasteiger partial charge in [-0.2, -0.15) is 12.1 Å². The molecule has 6 aromatic carbocycles. The molecule has 0 aromatic heterocycles. The number of benzene rings is 4. The van der Waals surface area contributed by atoms with Crippen molar-refractivity contribution < 1.29 is 26.2 Å². The van der Waals surface area contributed by atoms with Crippen LogP contribution in [0.5, 0.6) is 0 Å². The number of rotatable bonds is 8. The Morgan fingerprint density at radius 1 is 0.543 bits per heavy atom. The van der Waals surface area contributed by atoms with Gasteiger partial charge in [0.2, 0.25) is 0 Å². The van der Waals surface area contributed by atoms with Gasteiger partial charge in [-0.1, -0.05) is 126 Å². The van der Waals surface area contributed by atoms with Gasteiger partial charge in [0.25, 0.3) is 0 Å². The molecule has 0 bridgehead atoms. The van der Waals surface area contributed by atoms with Crippen LogP contribution < -0.4 is 0 Å². The van der Waals surface area contributed by atoms with Crippen molar-refractivity contribution in [2.75, 3.05) is 0 Å². The summed E-state index contributed by atoms with van der Waals surface area (Å²) in [5.74, 6) is 1.28. The fraction of sp³-hybridized carbons (Fsp3) is 0.318. The van der Waals surface area contributed by atoms with Gasteiger partial charge in [-0.15, -0.1) is 69.1 Å². The van der Waals surface area contributed by atoms with Gasteiger partial charge in [-0.05, 0) is 59.8 Å². The molecule has 0 amide bonds. The molecule has 236 valence electrons. The molecule has 6 aromatic rings. The van der Waals surface area contributed by atoms with E-state index in [0.29, 0.717) is 11.8 Å². The van der Waals surface area contributed by atoms with E-state index in [1.165, 1.54) is 78.9 Å². The zero-order valence-electron chi connectivity index (χ0n) is 29.4. The van der Waals surface area contributed by atoms with E-state index in [4.69, 9.17) is 0 Å². The van der Waals surface area contributed by atoms with E-state index in [0.717, 1.165) is 22.4 Å². The van der Waals surface area contributed by atoms with Gasteiger partial charge in [0, 0.05) is 9.52 Å². The van der Waals surface area contributed by atoms with Gasteiger partial charge in [-0.3, -0.25) is 0 Å². The summed E-state index contributed by atoms with van der Waals surface area (Å²) in [6.07, 6.45) is 4.58.